The first-order valence-corrected chi connectivity index (χ1v) is 3.45. The van der Waals surface area contributed by atoms with E-state index in [0.29, 0.717) is 23.1 Å². The second kappa shape index (κ2) is 2.34. The fourth-order valence-electron chi connectivity index (χ4n) is 0.965. The molecule has 2 heterocycles. The van der Waals surface area contributed by atoms with Crippen LogP contribution >= 0.6 is 0 Å². The minimum atomic E-state index is 0.361. The molecule has 0 aromatic carbocycles. The van der Waals surface area contributed by atoms with Crippen LogP contribution in [0.5, 0.6) is 0 Å². The predicted molar refractivity (Wildman–Crippen MR) is 45.2 cm³/mol. The Bertz CT molecular complexity index is 351. The lowest BCUT2D eigenvalue weighted by molar-refractivity contribution is 0.534. The molecule has 4 nitrogen and oxygen atoms in total. The highest BCUT2D eigenvalue weighted by Crippen LogP contribution is 2.25. The van der Waals surface area contributed by atoms with Gasteiger partial charge in [-0.15, -0.1) is 0 Å². The van der Waals surface area contributed by atoms with Crippen molar-refractivity contribution in [3.8, 4) is 11.5 Å². The van der Waals surface area contributed by atoms with Crippen LogP contribution < -0.4 is 11.5 Å². The molecule has 0 saturated heterocycles. The molecule has 4 N–H and O–H groups in total. The van der Waals surface area contributed by atoms with E-state index in [9.17, 15) is 0 Å². The Hall–Kier alpha value is -1.84. The van der Waals surface area contributed by atoms with Crippen LogP contribution in [0.1, 0.15) is 0 Å². The van der Waals surface area contributed by atoms with E-state index in [0.717, 1.165) is 0 Å². The number of furan rings is 2. The fourth-order valence-corrected chi connectivity index (χ4v) is 0.965. The third-order valence-electron chi connectivity index (χ3n) is 1.49. The van der Waals surface area contributed by atoms with E-state index < -0.39 is 0 Å². The van der Waals surface area contributed by atoms with Crippen molar-refractivity contribution in [3.63, 3.8) is 0 Å². The van der Waals surface area contributed by atoms with E-state index in [4.69, 9.17) is 20.3 Å². The summed E-state index contributed by atoms with van der Waals surface area (Å²) in [5, 5.41) is 0. The number of hydrogen-bond donors (Lipinski definition) is 2. The van der Waals surface area contributed by atoms with Crippen molar-refractivity contribution < 1.29 is 8.83 Å². The molecule has 62 valence electrons. The van der Waals surface area contributed by atoms with Gasteiger partial charge >= 0.3 is 0 Å². The van der Waals surface area contributed by atoms with E-state index in [-0.39, 0.29) is 0 Å². The van der Waals surface area contributed by atoms with Crippen LogP contribution in [-0.2, 0) is 0 Å². The number of nitrogen functional groups attached to an aromatic ring is 2. The standard InChI is InChI=1S/C8H8N2O2/c9-5-3-7(11-4-5)6-1-2-8(10)12-6/h1-4H,9-10H2. The summed E-state index contributed by atoms with van der Waals surface area (Å²) in [5.41, 5.74) is 11.4. The van der Waals surface area contributed by atoms with Crippen molar-refractivity contribution in [1.82, 2.24) is 0 Å². The maximum atomic E-state index is 5.46. The second-order valence-electron chi connectivity index (χ2n) is 2.45. The van der Waals surface area contributed by atoms with Crippen molar-refractivity contribution in [2.75, 3.05) is 11.5 Å². The highest BCUT2D eigenvalue weighted by molar-refractivity contribution is 5.57. The van der Waals surface area contributed by atoms with Gasteiger partial charge in [0.25, 0.3) is 0 Å². The Balaban J connectivity index is 2.43. The van der Waals surface area contributed by atoms with Crippen molar-refractivity contribution in [2.45, 2.75) is 0 Å². The van der Waals surface area contributed by atoms with Gasteiger partial charge in [-0.2, -0.15) is 0 Å². The van der Waals surface area contributed by atoms with Crippen LogP contribution in [0.2, 0.25) is 0 Å². The molecule has 0 aliphatic heterocycles. The zero-order chi connectivity index (χ0) is 8.55. The molecule has 0 amide bonds. The molecule has 4 heteroatoms. The molecule has 0 saturated carbocycles. The van der Waals surface area contributed by atoms with E-state index in [1.165, 1.54) is 6.26 Å². The summed E-state index contributed by atoms with van der Waals surface area (Å²) < 4.78 is 10.2. The van der Waals surface area contributed by atoms with Crippen LogP contribution in [0, 0.1) is 0 Å². The fraction of sp³-hybridized carbons (Fsp3) is 0. The first-order valence-electron chi connectivity index (χ1n) is 3.45. The lowest BCUT2D eigenvalue weighted by Crippen LogP contribution is -1.77. The number of rotatable bonds is 1. The molecule has 0 fully saturated rings. The van der Waals surface area contributed by atoms with Crippen molar-refractivity contribution in [1.29, 1.82) is 0 Å². The van der Waals surface area contributed by atoms with Crippen LogP contribution in [-0.4, -0.2) is 0 Å². The number of anilines is 2. The Labute approximate surface area is 68.8 Å². The highest BCUT2D eigenvalue weighted by atomic mass is 16.4. The van der Waals surface area contributed by atoms with Gasteiger partial charge in [0.05, 0.1) is 5.69 Å². The van der Waals surface area contributed by atoms with Gasteiger partial charge in [-0.25, -0.2) is 0 Å². The van der Waals surface area contributed by atoms with E-state index >= 15 is 0 Å². The first-order chi connectivity index (χ1) is 5.75. The molecule has 0 spiro atoms. The van der Waals surface area contributed by atoms with Gasteiger partial charge in [0.2, 0.25) is 0 Å². The Morgan fingerprint density at radius 1 is 1.08 bits per heavy atom. The third-order valence-corrected chi connectivity index (χ3v) is 1.49. The molecule has 2 rings (SSSR count). The second-order valence-corrected chi connectivity index (χ2v) is 2.45. The molecule has 2 aromatic heterocycles. The summed E-state index contributed by atoms with van der Waals surface area (Å²) in [6.45, 7) is 0. The van der Waals surface area contributed by atoms with Crippen LogP contribution in [0.3, 0.4) is 0 Å². The number of hydrogen-bond acceptors (Lipinski definition) is 4. The van der Waals surface area contributed by atoms with E-state index in [1.54, 1.807) is 18.2 Å². The predicted octanol–water partition coefficient (Wildman–Crippen LogP) is 1.70. The van der Waals surface area contributed by atoms with E-state index in [1.807, 2.05) is 0 Å². The Kier molecular flexibility index (Phi) is 1.33. The average molecular weight is 164 g/mol. The van der Waals surface area contributed by atoms with Crippen LogP contribution in [0.25, 0.3) is 11.5 Å². The third kappa shape index (κ3) is 1.03. The van der Waals surface area contributed by atoms with Gasteiger partial charge in [-0.3, -0.25) is 0 Å². The zero-order valence-corrected chi connectivity index (χ0v) is 6.28. The summed E-state index contributed by atoms with van der Waals surface area (Å²) in [6.07, 6.45) is 1.45. The molecular weight excluding hydrogens is 156 g/mol. The monoisotopic (exact) mass is 164 g/mol. The molecule has 0 radical (unpaired) electrons. The zero-order valence-electron chi connectivity index (χ0n) is 6.28. The normalized spacial score (nSPS) is 10.3. The highest BCUT2D eigenvalue weighted by Gasteiger charge is 2.06. The summed E-state index contributed by atoms with van der Waals surface area (Å²) in [7, 11) is 0. The molecule has 0 aliphatic rings. The molecule has 0 unspecified atom stereocenters. The molecule has 12 heavy (non-hydrogen) atoms. The molecule has 0 aliphatic carbocycles. The van der Waals surface area contributed by atoms with Gasteiger partial charge in [0, 0.05) is 12.1 Å². The lowest BCUT2D eigenvalue weighted by atomic mass is 10.3. The van der Waals surface area contributed by atoms with Crippen molar-refractivity contribution in [3.05, 3.63) is 24.5 Å². The minimum absolute atomic E-state index is 0.361. The largest absolute Gasteiger partial charge is 0.459 e. The maximum absolute atomic E-state index is 5.46. The summed E-state index contributed by atoms with van der Waals surface area (Å²) >= 11 is 0. The molecule has 0 atom stereocenters. The minimum Gasteiger partial charge on any atom is -0.459 e. The topological polar surface area (TPSA) is 78.3 Å². The average Bonchev–Trinajstić information content (AvgIpc) is 2.58. The van der Waals surface area contributed by atoms with E-state index in [2.05, 4.69) is 0 Å². The van der Waals surface area contributed by atoms with Crippen molar-refractivity contribution >= 4 is 11.6 Å². The molecular formula is C8H8N2O2. The van der Waals surface area contributed by atoms with Crippen molar-refractivity contribution in [2.24, 2.45) is 0 Å². The smallest absolute Gasteiger partial charge is 0.191 e. The Morgan fingerprint density at radius 3 is 2.42 bits per heavy atom. The Morgan fingerprint density at radius 2 is 1.92 bits per heavy atom. The first kappa shape index (κ1) is 6.84. The molecule has 0 bridgehead atoms. The van der Waals surface area contributed by atoms with Crippen LogP contribution in [0.15, 0.2) is 33.3 Å². The number of nitrogens with two attached hydrogens (primary N) is 2. The van der Waals surface area contributed by atoms with Gasteiger partial charge in [-0.05, 0) is 6.07 Å². The lowest BCUT2D eigenvalue weighted by Gasteiger charge is -1.86. The summed E-state index contributed by atoms with van der Waals surface area (Å²) in [6, 6.07) is 5.07. The SMILES string of the molecule is Nc1coc(-c2ccc(N)o2)c1. The van der Waals surface area contributed by atoms with Gasteiger partial charge < -0.3 is 20.3 Å². The van der Waals surface area contributed by atoms with Crippen LogP contribution in [0.4, 0.5) is 11.6 Å². The summed E-state index contributed by atoms with van der Waals surface area (Å²) in [4.78, 5) is 0. The molecule has 2 aromatic rings. The maximum Gasteiger partial charge on any atom is 0.191 e. The van der Waals surface area contributed by atoms with Gasteiger partial charge in [0.1, 0.15) is 6.26 Å². The van der Waals surface area contributed by atoms with Gasteiger partial charge in [-0.1, -0.05) is 0 Å². The summed E-state index contributed by atoms with van der Waals surface area (Å²) in [5.74, 6) is 1.54. The van der Waals surface area contributed by atoms with Gasteiger partial charge in [0.15, 0.2) is 17.4 Å². The quantitative estimate of drug-likeness (QED) is 0.672.